The van der Waals surface area contributed by atoms with Gasteiger partial charge in [0.15, 0.2) is 0 Å². The second kappa shape index (κ2) is 74.3. The van der Waals surface area contributed by atoms with Crippen molar-refractivity contribution in [3.63, 3.8) is 0 Å². The van der Waals surface area contributed by atoms with E-state index in [9.17, 15) is 19.8 Å². The normalized spacial score (nSPS) is 12.8. The summed E-state index contributed by atoms with van der Waals surface area (Å²) >= 11 is 0. The van der Waals surface area contributed by atoms with Gasteiger partial charge in [0.05, 0.1) is 25.4 Å². The molecule has 0 aliphatic rings. The Hall–Kier alpha value is -2.18. The van der Waals surface area contributed by atoms with Crippen LogP contribution in [0.3, 0.4) is 0 Å². The first kappa shape index (κ1) is 82.8. The molecule has 0 heterocycles. The molecule has 85 heavy (non-hydrogen) atoms. The molecule has 0 rings (SSSR count). The molecule has 2 unspecified atom stereocenters. The van der Waals surface area contributed by atoms with Crippen molar-refractivity contribution in [1.29, 1.82) is 0 Å². The second-order valence-electron chi connectivity index (χ2n) is 26.3. The Kier molecular flexibility index (Phi) is 72.4. The Morgan fingerprint density at radius 1 is 0.329 bits per heavy atom. The summed E-state index contributed by atoms with van der Waals surface area (Å²) in [6.07, 6.45) is 97.8. The number of amides is 1. The fourth-order valence-electron chi connectivity index (χ4n) is 12.0. The molecule has 0 spiro atoms. The molecule has 3 N–H and O–H groups in total. The summed E-state index contributed by atoms with van der Waals surface area (Å²) in [5.74, 6) is -0.0597. The van der Waals surface area contributed by atoms with Crippen molar-refractivity contribution in [2.24, 2.45) is 0 Å². The van der Waals surface area contributed by atoms with Crippen LogP contribution >= 0.6 is 0 Å². The molecule has 6 heteroatoms. The number of nitrogens with one attached hydrogen (secondary N) is 1. The zero-order valence-corrected chi connectivity index (χ0v) is 57.4. The molecular formula is C79H149NO5. The lowest BCUT2D eigenvalue weighted by atomic mass is 10.0. The average molecular weight is 1190 g/mol. The van der Waals surface area contributed by atoms with Crippen LogP contribution in [0.5, 0.6) is 0 Å². The number of carbonyl (C=O) groups excluding carboxylic acids is 2. The minimum absolute atomic E-state index is 0.00744. The molecule has 0 bridgehead atoms. The number of allylic oxidation sites excluding steroid dienone is 7. The maximum atomic E-state index is 12.5. The molecule has 0 aliphatic carbocycles. The standard InChI is InChI=1S/C79H149NO5/c1-3-5-7-9-11-13-15-17-19-21-22-23-24-30-33-36-40-43-47-51-55-59-63-67-71-77(82)76(75-81)80-78(83)72-68-64-60-56-52-48-44-41-37-34-31-28-26-25-27-29-32-35-38-42-46-50-54-58-62-66-70-74-85-79(84)73-69-65-61-57-53-49-45-39-20-18-16-14-12-10-8-6-4-2/h18,20,25-26,29,32,67,71,76-77,81-82H,3-17,19,21-24,27-28,30-31,33-66,68-70,72-75H2,1-2H3,(H,80,83)/b20-18-,26-25-,32-29-,71-67+. The Labute approximate surface area is 531 Å². The van der Waals surface area contributed by atoms with Crippen molar-refractivity contribution in [2.45, 2.75) is 431 Å². The lowest BCUT2D eigenvalue weighted by Gasteiger charge is -2.20. The van der Waals surface area contributed by atoms with E-state index < -0.39 is 12.1 Å². The van der Waals surface area contributed by atoms with Crippen LogP contribution in [-0.2, 0) is 14.3 Å². The average Bonchev–Trinajstić information content (AvgIpc) is 3.51. The van der Waals surface area contributed by atoms with Gasteiger partial charge in [-0.25, -0.2) is 0 Å². The summed E-state index contributed by atoms with van der Waals surface area (Å²) in [5, 5.41) is 23.3. The zero-order valence-electron chi connectivity index (χ0n) is 57.4. The fraction of sp³-hybridized carbons (Fsp3) is 0.873. The highest BCUT2D eigenvalue weighted by Crippen LogP contribution is 2.19. The molecule has 0 aromatic carbocycles. The molecule has 500 valence electrons. The molecule has 0 aromatic rings. The minimum Gasteiger partial charge on any atom is -0.466 e. The number of hydrogen-bond donors (Lipinski definition) is 3. The Morgan fingerprint density at radius 3 is 0.906 bits per heavy atom. The summed E-state index contributed by atoms with van der Waals surface area (Å²) in [7, 11) is 0. The van der Waals surface area contributed by atoms with Crippen LogP contribution in [0.25, 0.3) is 0 Å². The van der Waals surface area contributed by atoms with Gasteiger partial charge in [-0.3, -0.25) is 9.59 Å². The number of unbranched alkanes of at least 4 members (excludes halogenated alkanes) is 55. The molecule has 0 fully saturated rings. The first-order valence-corrected chi connectivity index (χ1v) is 38.4. The van der Waals surface area contributed by atoms with E-state index in [0.29, 0.717) is 19.4 Å². The van der Waals surface area contributed by atoms with E-state index in [4.69, 9.17) is 4.74 Å². The van der Waals surface area contributed by atoms with E-state index in [-0.39, 0.29) is 18.5 Å². The van der Waals surface area contributed by atoms with Crippen LogP contribution in [0.15, 0.2) is 48.6 Å². The molecule has 0 saturated carbocycles. The van der Waals surface area contributed by atoms with Crippen molar-refractivity contribution in [3.05, 3.63) is 48.6 Å². The van der Waals surface area contributed by atoms with Crippen molar-refractivity contribution in [2.75, 3.05) is 13.2 Å². The minimum atomic E-state index is -0.849. The highest BCUT2D eigenvalue weighted by molar-refractivity contribution is 5.76. The fourth-order valence-corrected chi connectivity index (χ4v) is 12.0. The van der Waals surface area contributed by atoms with Crippen LogP contribution in [-0.4, -0.2) is 47.4 Å². The van der Waals surface area contributed by atoms with Gasteiger partial charge in [-0.05, 0) is 89.9 Å². The van der Waals surface area contributed by atoms with Crippen molar-refractivity contribution in [3.8, 4) is 0 Å². The third-order valence-corrected chi connectivity index (χ3v) is 17.8. The maximum Gasteiger partial charge on any atom is 0.305 e. The maximum absolute atomic E-state index is 12.5. The van der Waals surface area contributed by atoms with E-state index in [1.165, 1.54) is 340 Å². The van der Waals surface area contributed by atoms with E-state index in [2.05, 4.69) is 55.6 Å². The van der Waals surface area contributed by atoms with Crippen molar-refractivity contribution < 1.29 is 24.5 Å². The van der Waals surface area contributed by atoms with Crippen LogP contribution in [0.4, 0.5) is 0 Å². The van der Waals surface area contributed by atoms with Crippen LogP contribution < -0.4 is 5.32 Å². The number of aliphatic hydroxyl groups excluding tert-OH is 2. The van der Waals surface area contributed by atoms with Crippen LogP contribution in [0, 0.1) is 0 Å². The lowest BCUT2D eigenvalue weighted by molar-refractivity contribution is -0.143. The van der Waals surface area contributed by atoms with Crippen molar-refractivity contribution >= 4 is 11.9 Å². The largest absolute Gasteiger partial charge is 0.466 e. The van der Waals surface area contributed by atoms with Gasteiger partial charge in [0, 0.05) is 12.8 Å². The van der Waals surface area contributed by atoms with Crippen LogP contribution in [0.1, 0.15) is 418 Å². The smallest absolute Gasteiger partial charge is 0.305 e. The number of aliphatic hydroxyl groups is 2. The van der Waals surface area contributed by atoms with Gasteiger partial charge in [0.25, 0.3) is 0 Å². The van der Waals surface area contributed by atoms with E-state index in [1.807, 2.05) is 6.08 Å². The van der Waals surface area contributed by atoms with E-state index in [1.54, 1.807) is 6.08 Å². The van der Waals surface area contributed by atoms with Gasteiger partial charge in [0.2, 0.25) is 5.91 Å². The van der Waals surface area contributed by atoms with Crippen LogP contribution in [0.2, 0.25) is 0 Å². The van der Waals surface area contributed by atoms with Gasteiger partial charge in [-0.2, -0.15) is 0 Å². The third kappa shape index (κ3) is 70.8. The molecule has 0 saturated heterocycles. The highest BCUT2D eigenvalue weighted by Gasteiger charge is 2.18. The quantitative estimate of drug-likeness (QED) is 0.0320. The SMILES string of the molecule is CCCCCCCC/C=C\CCCCCCCCCC(=O)OCCCCCCCCCCC/C=C\C/C=C\CCCCCCCCCCCCCC(=O)NC(CO)C(O)/C=C/CCCCCCCCCCCCCCCCCCCCCCCC. The first-order chi connectivity index (χ1) is 42.0. The Balaban J connectivity index is 3.44. The number of ether oxygens (including phenoxy) is 1. The summed E-state index contributed by atoms with van der Waals surface area (Å²) in [6, 6.07) is -0.633. The Morgan fingerprint density at radius 2 is 0.588 bits per heavy atom. The number of carbonyl (C=O) groups is 2. The predicted molar refractivity (Wildman–Crippen MR) is 375 cm³/mol. The van der Waals surface area contributed by atoms with Crippen molar-refractivity contribution in [1.82, 2.24) is 5.32 Å². The second-order valence-corrected chi connectivity index (χ2v) is 26.3. The summed E-state index contributed by atoms with van der Waals surface area (Å²) < 4.78 is 5.50. The first-order valence-electron chi connectivity index (χ1n) is 38.4. The molecular weight excluding hydrogens is 1040 g/mol. The molecule has 0 aromatic heterocycles. The third-order valence-electron chi connectivity index (χ3n) is 17.8. The zero-order chi connectivity index (χ0) is 61.3. The van der Waals surface area contributed by atoms with Gasteiger partial charge in [-0.1, -0.05) is 364 Å². The predicted octanol–water partition coefficient (Wildman–Crippen LogP) is 25.2. The molecule has 0 aliphatic heterocycles. The Bertz CT molecular complexity index is 1420. The molecule has 6 nitrogen and oxygen atoms in total. The van der Waals surface area contributed by atoms with Gasteiger partial charge in [0.1, 0.15) is 0 Å². The molecule has 1 amide bonds. The molecule has 2 atom stereocenters. The number of hydrogen-bond acceptors (Lipinski definition) is 5. The van der Waals surface area contributed by atoms with Gasteiger partial charge in [-0.15, -0.1) is 0 Å². The van der Waals surface area contributed by atoms with E-state index >= 15 is 0 Å². The monoisotopic (exact) mass is 1190 g/mol. The topological polar surface area (TPSA) is 95.9 Å². The van der Waals surface area contributed by atoms with E-state index in [0.717, 1.165) is 51.4 Å². The summed E-state index contributed by atoms with van der Waals surface area (Å²) in [6.45, 7) is 4.93. The summed E-state index contributed by atoms with van der Waals surface area (Å²) in [4.78, 5) is 24.6. The number of esters is 1. The van der Waals surface area contributed by atoms with Gasteiger partial charge >= 0.3 is 5.97 Å². The highest BCUT2D eigenvalue weighted by atomic mass is 16.5. The summed E-state index contributed by atoms with van der Waals surface area (Å²) in [5.41, 5.74) is 0. The van der Waals surface area contributed by atoms with Gasteiger partial charge < -0.3 is 20.3 Å². The number of rotatable bonds is 72. The lowest BCUT2D eigenvalue weighted by Crippen LogP contribution is -2.45. The molecule has 0 radical (unpaired) electrons.